The third-order valence-corrected chi connectivity index (χ3v) is 2.18. The van der Waals surface area contributed by atoms with Gasteiger partial charge in [0.1, 0.15) is 0 Å². The molecule has 1 aromatic rings. The minimum absolute atomic E-state index is 0.0207. The van der Waals surface area contributed by atoms with Crippen LogP contribution in [0.15, 0.2) is 15.8 Å². The molecule has 1 rings (SSSR count). The highest BCUT2D eigenvalue weighted by atomic mass is 32.1. The molecule has 0 saturated heterocycles. The van der Waals surface area contributed by atoms with Crippen molar-refractivity contribution in [3.8, 4) is 0 Å². The lowest BCUT2D eigenvalue weighted by Crippen LogP contribution is -2.36. The van der Waals surface area contributed by atoms with Crippen molar-refractivity contribution in [2.75, 3.05) is 0 Å². The average molecular weight is 247 g/mol. The maximum absolute atomic E-state index is 12.8. The molecule has 1 aromatic heterocycles. The molecule has 0 aliphatic rings. The highest BCUT2D eigenvalue weighted by Crippen LogP contribution is 1.91. The van der Waals surface area contributed by atoms with Gasteiger partial charge in [0.05, 0.1) is 0 Å². The number of aromatic nitrogens is 2. The third-order valence-electron chi connectivity index (χ3n) is 1.93. The lowest BCUT2D eigenvalue weighted by molar-refractivity contribution is -0.119. The lowest BCUT2D eigenvalue weighted by atomic mass is 10.3. The zero-order chi connectivity index (χ0) is 12.1. The monoisotopic (exact) mass is 247 g/mol. The number of carbonyl (C=O) groups excluding carboxylic acids is 1. The molecule has 0 aliphatic heterocycles. The van der Waals surface area contributed by atoms with Crippen LogP contribution in [0.5, 0.6) is 0 Å². The summed E-state index contributed by atoms with van der Waals surface area (Å²) in [5.74, 6) is -1.36. The maximum atomic E-state index is 12.8. The normalized spacial score (nSPS) is 10.1. The summed E-state index contributed by atoms with van der Waals surface area (Å²) in [6.45, 7) is -0.0207. The standard InChI is InChI=1S/C8H10FN3O3S/c9-5-4-10-8(15)12(7(5)14)3-1-2-6(13)11-16/h4,16H,1-3H2,(H,10,15)(H,11,13). The fourth-order valence-corrected chi connectivity index (χ4v) is 1.25. The van der Waals surface area contributed by atoms with Crippen molar-refractivity contribution in [2.24, 2.45) is 0 Å². The predicted molar refractivity (Wildman–Crippen MR) is 57.6 cm³/mol. The van der Waals surface area contributed by atoms with Crippen LogP contribution in [0.4, 0.5) is 4.39 Å². The summed E-state index contributed by atoms with van der Waals surface area (Å²) in [5, 5.41) is 0. The zero-order valence-corrected chi connectivity index (χ0v) is 9.09. The number of hydrogen-bond acceptors (Lipinski definition) is 4. The maximum Gasteiger partial charge on any atom is 0.328 e. The van der Waals surface area contributed by atoms with E-state index in [0.717, 1.165) is 0 Å². The van der Waals surface area contributed by atoms with E-state index in [4.69, 9.17) is 0 Å². The van der Waals surface area contributed by atoms with Crippen LogP contribution >= 0.6 is 12.8 Å². The molecule has 0 bridgehead atoms. The van der Waals surface area contributed by atoms with E-state index in [1.165, 1.54) is 0 Å². The van der Waals surface area contributed by atoms with E-state index in [1.807, 2.05) is 0 Å². The second kappa shape index (κ2) is 5.50. The number of halogens is 1. The fourth-order valence-electron chi connectivity index (χ4n) is 1.14. The summed E-state index contributed by atoms with van der Waals surface area (Å²) in [6, 6.07) is 0. The number of H-pyrrole nitrogens is 1. The first-order chi connectivity index (χ1) is 7.56. The molecule has 0 unspecified atom stereocenters. The van der Waals surface area contributed by atoms with Gasteiger partial charge >= 0.3 is 5.69 Å². The Hall–Kier alpha value is -1.57. The first-order valence-corrected chi connectivity index (χ1v) is 4.92. The van der Waals surface area contributed by atoms with Crippen LogP contribution in [0, 0.1) is 5.82 Å². The molecule has 0 fully saturated rings. The van der Waals surface area contributed by atoms with Gasteiger partial charge in [-0.3, -0.25) is 14.2 Å². The molecule has 0 spiro atoms. The minimum Gasteiger partial charge on any atom is -0.311 e. The van der Waals surface area contributed by atoms with Crippen LogP contribution in [-0.4, -0.2) is 15.5 Å². The molecule has 0 radical (unpaired) electrons. The quantitative estimate of drug-likeness (QED) is 0.622. The van der Waals surface area contributed by atoms with E-state index in [0.29, 0.717) is 10.8 Å². The van der Waals surface area contributed by atoms with E-state index in [-0.39, 0.29) is 25.3 Å². The van der Waals surface area contributed by atoms with Crippen molar-refractivity contribution in [3.63, 3.8) is 0 Å². The van der Waals surface area contributed by atoms with Gasteiger partial charge in [-0.2, -0.15) is 4.39 Å². The van der Waals surface area contributed by atoms with Crippen molar-refractivity contribution in [1.82, 2.24) is 14.3 Å². The summed E-state index contributed by atoms with van der Waals surface area (Å²) in [4.78, 5) is 35.2. The molecule has 2 N–H and O–H groups in total. The van der Waals surface area contributed by atoms with E-state index in [9.17, 15) is 18.8 Å². The minimum atomic E-state index is -1.03. The summed E-state index contributed by atoms with van der Waals surface area (Å²) < 4.78 is 15.6. The summed E-state index contributed by atoms with van der Waals surface area (Å²) in [5.41, 5.74) is -1.69. The summed E-state index contributed by atoms with van der Waals surface area (Å²) in [6.07, 6.45) is 1.06. The van der Waals surface area contributed by atoms with E-state index >= 15 is 0 Å². The Kier molecular flexibility index (Phi) is 4.29. The topological polar surface area (TPSA) is 84.0 Å². The molecular weight excluding hydrogens is 237 g/mol. The Morgan fingerprint density at radius 1 is 1.56 bits per heavy atom. The SMILES string of the molecule is O=C(CCCn1c(=O)[nH]cc(F)c1=O)NS. The van der Waals surface area contributed by atoms with Crippen LogP contribution in [0.25, 0.3) is 0 Å². The van der Waals surface area contributed by atoms with Gasteiger partial charge in [-0.1, -0.05) is 12.8 Å². The number of aromatic amines is 1. The molecule has 1 heterocycles. The van der Waals surface area contributed by atoms with Crippen molar-refractivity contribution in [2.45, 2.75) is 19.4 Å². The van der Waals surface area contributed by atoms with E-state index < -0.39 is 17.1 Å². The number of nitrogens with one attached hydrogen (secondary N) is 2. The largest absolute Gasteiger partial charge is 0.328 e. The van der Waals surface area contributed by atoms with Gasteiger partial charge < -0.3 is 9.71 Å². The molecule has 16 heavy (non-hydrogen) atoms. The Balaban J connectivity index is 2.75. The van der Waals surface area contributed by atoms with Gasteiger partial charge in [-0.15, -0.1) is 0 Å². The molecule has 6 nitrogen and oxygen atoms in total. The Bertz CT molecular complexity index is 496. The van der Waals surface area contributed by atoms with Gasteiger partial charge in [-0.05, 0) is 6.42 Å². The van der Waals surface area contributed by atoms with Gasteiger partial charge in [0, 0.05) is 19.2 Å². The first kappa shape index (κ1) is 12.5. The van der Waals surface area contributed by atoms with Crippen LogP contribution in [0.2, 0.25) is 0 Å². The second-order valence-corrected chi connectivity index (χ2v) is 3.26. The molecule has 0 aliphatic carbocycles. The fraction of sp³-hybridized carbons (Fsp3) is 0.375. The van der Waals surface area contributed by atoms with Crippen molar-refractivity contribution >= 4 is 18.7 Å². The molecule has 0 atom stereocenters. The van der Waals surface area contributed by atoms with Crippen LogP contribution < -0.4 is 16.0 Å². The summed E-state index contributed by atoms with van der Waals surface area (Å²) >= 11 is 3.54. The highest BCUT2D eigenvalue weighted by molar-refractivity contribution is 7.78. The van der Waals surface area contributed by atoms with Gasteiger partial charge in [-0.25, -0.2) is 4.79 Å². The van der Waals surface area contributed by atoms with Crippen molar-refractivity contribution in [3.05, 3.63) is 32.9 Å². The average Bonchev–Trinajstić information content (AvgIpc) is 2.28. The number of hydrogen-bond donors (Lipinski definition) is 3. The van der Waals surface area contributed by atoms with E-state index in [1.54, 1.807) is 0 Å². The molecule has 8 heteroatoms. The molecule has 0 saturated carbocycles. The van der Waals surface area contributed by atoms with Gasteiger partial charge in [0.25, 0.3) is 5.56 Å². The lowest BCUT2D eigenvalue weighted by Gasteiger charge is -2.03. The van der Waals surface area contributed by atoms with Crippen molar-refractivity contribution in [1.29, 1.82) is 0 Å². The van der Waals surface area contributed by atoms with Gasteiger partial charge in [0.2, 0.25) is 11.7 Å². The number of amides is 1. The smallest absolute Gasteiger partial charge is 0.311 e. The molecule has 88 valence electrons. The first-order valence-electron chi connectivity index (χ1n) is 4.47. The molecule has 1 amide bonds. The number of thiol groups is 1. The Morgan fingerprint density at radius 3 is 2.88 bits per heavy atom. The predicted octanol–water partition coefficient (Wildman–Crippen LogP) is -0.583. The van der Waals surface area contributed by atoms with Crippen LogP contribution in [0.3, 0.4) is 0 Å². The van der Waals surface area contributed by atoms with Crippen molar-refractivity contribution < 1.29 is 9.18 Å². The Labute approximate surface area is 95.0 Å². The number of carbonyl (C=O) groups is 1. The number of nitrogens with zero attached hydrogens (tertiary/aromatic N) is 1. The van der Waals surface area contributed by atoms with Crippen LogP contribution in [0.1, 0.15) is 12.8 Å². The highest BCUT2D eigenvalue weighted by Gasteiger charge is 2.07. The van der Waals surface area contributed by atoms with Crippen LogP contribution in [-0.2, 0) is 11.3 Å². The molecular formula is C8H10FN3O3S. The second-order valence-electron chi connectivity index (χ2n) is 3.04. The van der Waals surface area contributed by atoms with Gasteiger partial charge in [0.15, 0.2) is 0 Å². The third kappa shape index (κ3) is 2.96. The zero-order valence-electron chi connectivity index (χ0n) is 8.20. The molecule has 0 aromatic carbocycles. The number of rotatable bonds is 4. The van der Waals surface area contributed by atoms with E-state index in [2.05, 4.69) is 22.5 Å². The Morgan fingerprint density at radius 2 is 2.25 bits per heavy atom. The summed E-state index contributed by atoms with van der Waals surface area (Å²) in [7, 11) is 0.